The van der Waals surface area contributed by atoms with Crippen LogP contribution in [0.3, 0.4) is 0 Å². The second-order valence-electron chi connectivity index (χ2n) is 8.66. The van der Waals surface area contributed by atoms with Crippen LogP contribution in [0, 0.1) is 6.92 Å². The van der Waals surface area contributed by atoms with E-state index in [0.717, 1.165) is 27.6 Å². The van der Waals surface area contributed by atoms with Crippen LogP contribution in [0.5, 0.6) is 0 Å². The zero-order valence-electron chi connectivity index (χ0n) is 19.6. The van der Waals surface area contributed by atoms with Crippen molar-refractivity contribution in [3.63, 3.8) is 0 Å². The van der Waals surface area contributed by atoms with Crippen LogP contribution >= 0.6 is 27.3 Å². The number of benzene rings is 2. The topological polar surface area (TPSA) is 57.7 Å². The zero-order valence-corrected chi connectivity index (χ0v) is 22.8. The van der Waals surface area contributed by atoms with E-state index in [4.69, 9.17) is 0 Å². The van der Waals surface area contributed by atoms with E-state index in [1.165, 1.54) is 9.18 Å². The van der Waals surface area contributed by atoms with Gasteiger partial charge in [0.25, 0.3) is 0 Å². The molecule has 0 saturated carbocycles. The molecule has 8 heteroatoms. The molecule has 0 aliphatic carbocycles. The van der Waals surface area contributed by atoms with Crippen LogP contribution in [-0.2, 0) is 21.2 Å². The van der Waals surface area contributed by atoms with Crippen molar-refractivity contribution >= 4 is 43.2 Å². The highest BCUT2D eigenvalue weighted by Crippen LogP contribution is 2.39. The zero-order chi connectivity index (χ0) is 24.5. The number of carbonyl (C=O) groups is 1. The highest BCUT2D eigenvalue weighted by Gasteiger charge is 2.37. The summed E-state index contributed by atoms with van der Waals surface area (Å²) in [7, 11) is -3.84. The van der Waals surface area contributed by atoms with E-state index in [2.05, 4.69) is 46.4 Å². The summed E-state index contributed by atoms with van der Waals surface area (Å²) in [6.07, 6.45) is 1.39. The van der Waals surface area contributed by atoms with Crippen LogP contribution in [0.2, 0.25) is 0 Å². The number of thiophene rings is 1. The Morgan fingerprint density at radius 2 is 1.85 bits per heavy atom. The molecule has 0 bridgehead atoms. The number of nitrogens with zero attached hydrogens (tertiary/aromatic N) is 2. The van der Waals surface area contributed by atoms with E-state index in [-0.39, 0.29) is 29.4 Å². The molecule has 2 aromatic carbocycles. The van der Waals surface area contributed by atoms with Crippen molar-refractivity contribution in [1.82, 2.24) is 9.21 Å². The molecule has 0 radical (unpaired) electrons. The van der Waals surface area contributed by atoms with Crippen molar-refractivity contribution in [2.45, 2.75) is 50.6 Å². The van der Waals surface area contributed by atoms with Gasteiger partial charge >= 0.3 is 0 Å². The van der Waals surface area contributed by atoms with Gasteiger partial charge < -0.3 is 4.90 Å². The molecule has 34 heavy (non-hydrogen) atoms. The maximum absolute atomic E-state index is 13.8. The first-order valence-corrected chi connectivity index (χ1v) is 14.5. The lowest BCUT2D eigenvalue weighted by atomic mass is 9.90. The largest absolute Gasteiger partial charge is 0.330 e. The van der Waals surface area contributed by atoms with Gasteiger partial charge in [0.15, 0.2) is 0 Å². The number of hydrogen-bond donors (Lipinski definition) is 0. The van der Waals surface area contributed by atoms with E-state index in [1.54, 1.807) is 35.6 Å². The molecule has 3 aromatic rings. The molecule has 0 N–H and O–H groups in total. The average Bonchev–Trinajstić information content (AvgIpc) is 3.31. The van der Waals surface area contributed by atoms with Gasteiger partial charge in [0.2, 0.25) is 15.9 Å². The SMILES string of the molecule is CCC(C)N(CC(=O)N1CCc2sccc2C1c1ccccc1C)S(=O)(=O)c1ccc(Br)cc1. The summed E-state index contributed by atoms with van der Waals surface area (Å²) in [6, 6.07) is 16.3. The maximum atomic E-state index is 13.8. The normalized spacial score (nSPS) is 17.0. The molecule has 0 fully saturated rings. The Morgan fingerprint density at radius 3 is 2.53 bits per heavy atom. The van der Waals surface area contributed by atoms with Crippen LogP contribution in [0.4, 0.5) is 0 Å². The summed E-state index contributed by atoms with van der Waals surface area (Å²) < 4.78 is 29.3. The quantitative estimate of drug-likeness (QED) is 0.368. The van der Waals surface area contributed by atoms with Gasteiger partial charge in [-0.25, -0.2) is 8.42 Å². The molecule has 0 spiro atoms. The minimum absolute atomic E-state index is 0.175. The molecular formula is C26H29BrN2O3S2. The molecule has 4 rings (SSSR count). The molecule has 1 amide bonds. The average molecular weight is 562 g/mol. The fraction of sp³-hybridized carbons (Fsp3) is 0.346. The Bertz CT molecular complexity index is 1270. The van der Waals surface area contributed by atoms with Crippen molar-refractivity contribution < 1.29 is 13.2 Å². The van der Waals surface area contributed by atoms with E-state index in [9.17, 15) is 13.2 Å². The van der Waals surface area contributed by atoms with E-state index >= 15 is 0 Å². The summed E-state index contributed by atoms with van der Waals surface area (Å²) in [5.41, 5.74) is 3.34. The molecule has 2 atom stereocenters. The minimum atomic E-state index is -3.84. The van der Waals surface area contributed by atoms with Crippen molar-refractivity contribution in [2.24, 2.45) is 0 Å². The van der Waals surface area contributed by atoms with Gasteiger partial charge in [0.05, 0.1) is 17.5 Å². The highest BCUT2D eigenvalue weighted by atomic mass is 79.9. The second-order valence-corrected chi connectivity index (χ2v) is 12.5. The number of amides is 1. The van der Waals surface area contributed by atoms with Crippen molar-refractivity contribution in [1.29, 1.82) is 0 Å². The number of carbonyl (C=O) groups excluding carboxylic acids is 1. The smallest absolute Gasteiger partial charge is 0.243 e. The number of aryl methyl sites for hydroxylation is 1. The number of halogens is 1. The molecule has 1 aromatic heterocycles. The minimum Gasteiger partial charge on any atom is -0.330 e. The van der Waals surface area contributed by atoms with Gasteiger partial charge in [-0.15, -0.1) is 11.3 Å². The molecule has 2 heterocycles. The monoisotopic (exact) mass is 560 g/mol. The van der Waals surface area contributed by atoms with Crippen LogP contribution < -0.4 is 0 Å². The Kier molecular flexibility index (Phi) is 7.62. The Balaban J connectivity index is 1.69. The van der Waals surface area contributed by atoms with Gasteiger partial charge in [-0.3, -0.25) is 4.79 Å². The second kappa shape index (κ2) is 10.3. The van der Waals surface area contributed by atoms with Crippen LogP contribution in [-0.4, -0.2) is 42.7 Å². The first kappa shape index (κ1) is 25.1. The first-order valence-electron chi connectivity index (χ1n) is 11.4. The van der Waals surface area contributed by atoms with E-state index in [0.29, 0.717) is 13.0 Å². The summed E-state index contributed by atoms with van der Waals surface area (Å²) in [5.74, 6) is -0.175. The molecular weight excluding hydrogens is 532 g/mol. The summed E-state index contributed by atoms with van der Waals surface area (Å²) >= 11 is 5.08. The van der Waals surface area contributed by atoms with Gasteiger partial charge in [-0.05, 0) is 79.1 Å². The van der Waals surface area contributed by atoms with E-state index in [1.807, 2.05) is 30.9 Å². The molecule has 180 valence electrons. The molecule has 0 saturated heterocycles. The van der Waals surface area contributed by atoms with Crippen LogP contribution in [0.15, 0.2) is 69.3 Å². The predicted molar refractivity (Wildman–Crippen MR) is 141 cm³/mol. The lowest BCUT2D eigenvalue weighted by Gasteiger charge is -2.38. The summed E-state index contributed by atoms with van der Waals surface area (Å²) in [5, 5.41) is 2.08. The fourth-order valence-electron chi connectivity index (χ4n) is 4.46. The maximum Gasteiger partial charge on any atom is 0.243 e. The third-order valence-electron chi connectivity index (χ3n) is 6.56. The molecule has 2 unspecified atom stereocenters. The number of fused-ring (bicyclic) bond motifs is 1. The van der Waals surface area contributed by atoms with Crippen molar-refractivity contribution in [2.75, 3.05) is 13.1 Å². The van der Waals surface area contributed by atoms with E-state index < -0.39 is 10.0 Å². The van der Waals surface area contributed by atoms with Crippen LogP contribution in [0.1, 0.15) is 47.9 Å². The predicted octanol–water partition coefficient (Wildman–Crippen LogP) is 5.78. The van der Waals surface area contributed by atoms with Crippen molar-refractivity contribution in [3.8, 4) is 0 Å². The Morgan fingerprint density at radius 1 is 1.15 bits per heavy atom. The number of sulfonamides is 1. The molecule has 1 aliphatic heterocycles. The fourth-order valence-corrected chi connectivity index (χ4v) is 7.28. The van der Waals surface area contributed by atoms with Gasteiger partial charge in [-0.1, -0.05) is 47.1 Å². The number of rotatable bonds is 7. The summed E-state index contributed by atoms with van der Waals surface area (Å²) in [4.78, 5) is 17.2. The molecule has 1 aliphatic rings. The standard InChI is InChI=1S/C26H29BrN2O3S2/c1-4-19(3)29(34(31,32)21-11-9-20(27)10-12-21)17-25(30)28-15-13-24-23(14-16-33-24)26(28)22-8-6-5-7-18(22)2/h5-12,14,16,19,26H,4,13,15,17H2,1-3H3. The van der Waals surface area contributed by atoms with Gasteiger partial charge in [0, 0.05) is 21.9 Å². The Hall–Kier alpha value is -2.00. The van der Waals surface area contributed by atoms with Crippen molar-refractivity contribution in [3.05, 3.63) is 86.0 Å². The Labute approximate surface area is 214 Å². The van der Waals surface area contributed by atoms with Gasteiger partial charge in [0.1, 0.15) is 0 Å². The summed E-state index contributed by atoms with van der Waals surface area (Å²) in [6.45, 7) is 6.24. The lowest BCUT2D eigenvalue weighted by Crippen LogP contribution is -2.49. The van der Waals surface area contributed by atoms with Gasteiger partial charge in [-0.2, -0.15) is 4.31 Å². The van der Waals surface area contributed by atoms with Crippen LogP contribution in [0.25, 0.3) is 0 Å². The molecule has 5 nitrogen and oxygen atoms in total. The lowest BCUT2D eigenvalue weighted by molar-refractivity contribution is -0.133. The third-order valence-corrected chi connectivity index (χ3v) is 10.1. The first-order chi connectivity index (χ1) is 16.2. The highest BCUT2D eigenvalue weighted by molar-refractivity contribution is 9.10. The number of hydrogen-bond acceptors (Lipinski definition) is 4. The third kappa shape index (κ3) is 4.87.